The van der Waals surface area contributed by atoms with Gasteiger partial charge in [-0.1, -0.05) is 29.5 Å². The molecular weight excluding hydrogens is 350 g/mol. The summed E-state index contributed by atoms with van der Waals surface area (Å²) < 4.78 is 7.75. The van der Waals surface area contributed by atoms with Gasteiger partial charge in [0, 0.05) is 19.4 Å². The van der Waals surface area contributed by atoms with Crippen molar-refractivity contribution >= 4 is 22.2 Å². The maximum atomic E-state index is 12.6. The Balaban J connectivity index is 1.32. The number of carbonyl (C=O) groups is 1. The standard InChI is InChI=1S/C18H21N5O2S/c1-13-19-20-18-23(13)21-16(26-18)9-10-17(24)22-11-5-8-15(12-22)25-14-6-3-2-4-7-14/h2-4,6-7,15H,5,8-12H2,1H3. The van der Waals surface area contributed by atoms with E-state index in [-0.39, 0.29) is 12.0 Å². The molecule has 0 radical (unpaired) electrons. The molecule has 3 aromatic rings. The van der Waals surface area contributed by atoms with Gasteiger partial charge in [0.2, 0.25) is 10.9 Å². The molecule has 0 bridgehead atoms. The Morgan fingerprint density at radius 3 is 2.96 bits per heavy atom. The number of hydrogen-bond acceptors (Lipinski definition) is 6. The molecule has 1 aliphatic heterocycles. The molecule has 7 nitrogen and oxygen atoms in total. The number of aryl methyl sites for hydroxylation is 2. The van der Waals surface area contributed by atoms with Crippen LogP contribution in [0.3, 0.4) is 0 Å². The van der Waals surface area contributed by atoms with Gasteiger partial charge in [0.1, 0.15) is 16.9 Å². The van der Waals surface area contributed by atoms with Crippen LogP contribution in [0, 0.1) is 6.92 Å². The van der Waals surface area contributed by atoms with E-state index in [0.29, 0.717) is 19.4 Å². The molecule has 0 spiro atoms. The van der Waals surface area contributed by atoms with Gasteiger partial charge in [-0.25, -0.2) is 0 Å². The molecule has 1 amide bonds. The van der Waals surface area contributed by atoms with Crippen LogP contribution in [-0.2, 0) is 11.2 Å². The summed E-state index contributed by atoms with van der Waals surface area (Å²) in [6.07, 6.45) is 3.11. The number of fused-ring (bicyclic) bond motifs is 1. The third-order valence-electron chi connectivity index (χ3n) is 4.52. The summed E-state index contributed by atoms with van der Waals surface area (Å²) in [4.78, 5) is 15.3. The monoisotopic (exact) mass is 371 g/mol. The highest BCUT2D eigenvalue weighted by Crippen LogP contribution is 2.20. The van der Waals surface area contributed by atoms with Crippen molar-refractivity contribution in [1.29, 1.82) is 0 Å². The highest BCUT2D eigenvalue weighted by molar-refractivity contribution is 7.16. The highest BCUT2D eigenvalue weighted by Gasteiger charge is 2.25. The first kappa shape index (κ1) is 17.0. The van der Waals surface area contributed by atoms with E-state index in [0.717, 1.165) is 40.9 Å². The van der Waals surface area contributed by atoms with Crippen molar-refractivity contribution in [1.82, 2.24) is 24.7 Å². The second-order valence-electron chi connectivity index (χ2n) is 6.47. The van der Waals surface area contributed by atoms with Crippen molar-refractivity contribution in [3.05, 3.63) is 41.2 Å². The van der Waals surface area contributed by atoms with Crippen molar-refractivity contribution in [2.75, 3.05) is 13.1 Å². The molecule has 1 aliphatic rings. The van der Waals surface area contributed by atoms with Crippen LogP contribution in [0.4, 0.5) is 0 Å². The van der Waals surface area contributed by atoms with Crippen LogP contribution in [0.25, 0.3) is 4.96 Å². The zero-order valence-corrected chi connectivity index (χ0v) is 15.5. The number of rotatable bonds is 5. The Bertz CT molecular complexity index is 892. The van der Waals surface area contributed by atoms with Crippen molar-refractivity contribution in [3.8, 4) is 5.75 Å². The first-order chi connectivity index (χ1) is 12.7. The molecule has 0 N–H and O–H groups in total. The topological polar surface area (TPSA) is 72.6 Å². The van der Waals surface area contributed by atoms with Crippen LogP contribution in [0.1, 0.15) is 30.1 Å². The van der Waals surface area contributed by atoms with Crippen molar-refractivity contribution < 1.29 is 9.53 Å². The fourth-order valence-corrected chi connectivity index (χ4v) is 4.06. The molecular formula is C18H21N5O2S. The number of nitrogens with zero attached hydrogens (tertiary/aromatic N) is 5. The Kier molecular flexibility index (Phi) is 4.83. The van der Waals surface area contributed by atoms with Crippen LogP contribution < -0.4 is 4.74 Å². The average molecular weight is 371 g/mol. The molecule has 1 aromatic carbocycles. The lowest BCUT2D eigenvalue weighted by atomic mass is 10.1. The van der Waals surface area contributed by atoms with Crippen LogP contribution in [0.15, 0.2) is 30.3 Å². The number of likely N-dealkylation sites (tertiary alicyclic amines) is 1. The number of para-hydroxylation sites is 1. The van der Waals surface area contributed by atoms with Gasteiger partial charge in [0.15, 0.2) is 5.82 Å². The van der Waals surface area contributed by atoms with E-state index in [1.165, 1.54) is 11.3 Å². The summed E-state index contributed by atoms with van der Waals surface area (Å²) in [5.41, 5.74) is 0. The van der Waals surface area contributed by atoms with Gasteiger partial charge in [0.25, 0.3) is 0 Å². The summed E-state index contributed by atoms with van der Waals surface area (Å²) >= 11 is 1.49. The number of carbonyl (C=O) groups excluding carboxylic acids is 1. The van der Waals surface area contributed by atoms with E-state index in [4.69, 9.17) is 4.74 Å². The lowest BCUT2D eigenvalue weighted by Crippen LogP contribution is -2.44. The molecule has 8 heteroatoms. The van der Waals surface area contributed by atoms with E-state index < -0.39 is 0 Å². The van der Waals surface area contributed by atoms with Crippen LogP contribution >= 0.6 is 11.3 Å². The molecule has 1 saturated heterocycles. The number of aromatic nitrogens is 4. The minimum Gasteiger partial charge on any atom is -0.489 e. The Morgan fingerprint density at radius 2 is 2.15 bits per heavy atom. The van der Waals surface area contributed by atoms with Gasteiger partial charge in [-0.15, -0.1) is 10.2 Å². The Labute approximate surface area is 155 Å². The van der Waals surface area contributed by atoms with E-state index >= 15 is 0 Å². The summed E-state index contributed by atoms with van der Waals surface area (Å²) in [5.74, 6) is 1.79. The maximum Gasteiger partial charge on any atom is 0.234 e. The molecule has 1 unspecified atom stereocenters. The van der Waals surface area contributed by atoms with Crippen molar-refractivity contribution in [2.45, 2.75) is 38.7 Å². The molecule has 1 fully saturated rings. The zero-order valence-electron chi connectivity index (χ0n) is 14.7. The maximum absolute atomic E-state index is 12.6. The molecule has 136 valence electrons. The SMILES string of the molecule is Cc1nnc2sc(CCC(=O)N3CCCC(Oc4ccccc4)C3)nn12. The molecule has 4 rings (SSSR count). The van der Waals surface area contributed by atoms with Gasteiger partial charge < -0.3 is 9.64 Å². The lowest BCUT2D eigenvalue weighted by Gasteiger charge is -2.33. The third-order valence-corrected chi connectivity index (χ3v) is 5.48. The highest BCUT2D eigenvalue weighted by atomic mass is 32.1. The summed E-state index contributed by atoms with van der Waals surface area (Å²) in [6.45, 7) is 3.32. The first-order valence-corrected chi connectivity index (χ1v) is 9.68. The second-order valence-corrected chi connectivity index (χ2v) is 7.51. The van der Waals surface area contributed by atoms with Crippen LogP contribution in [0.5, 0.6) is 5.75 Å². The molecule has 0 saturated carbocycles. The van der Waals surface area contributed by atoms with Crippen molar-refractivity contribution in [2.24, 2.45) is 0 Å². The number of ether oxygens (including phenoxy) is 1. The van der Waals surface area contributed by atoms with Gasteiger partial charge >= 0.3 is 0 Å². The second kappa shape index (κ2) is 7.41. The molecule has 2 aromatic heterocycles. The minimum absolute atomic E-state index is 0.0620. The summed E-state index contributed by atoms with van der Waals surface area (Å²) in [7, 11) is 0. The fourth-order valence-electron chi connectivity index (χ4n) is 3.18. The number of amides is 1. The fraction of sp³-hybridized carbons (Fsp3) is 0.444. The third kappa shape index (κ3) is 3.70. The lowest BCUT2D eigenvalue weighted by molar-refractivity contribution is -0.133. The predicted molar refractivity (Wildman–Crippen MR) is 98.4 cm³/mol. The smallest absolute Gasteiger partial charge is 0.234 e. The number of hydrogen-bond donors (Lipinski definition) is 0. The van der Waals surface area contributed by atoms with Gasteiger partial charge in [-0.3, -0.25) is 4.79 Å². The van der Waals surface area contributed by atoms with Crippen molar-refractivity contribution in [3.63, 3.8) is 0 Å². The molecule has 0 aliphatic carbocycles. The van der Waals surface area contributed by atoms with Gasteiger partial charge in [-0.05, 0) is 31.9 Å². The van der Waals surface area contributed by atoms with E-state index in [2.05, 4.69) is 15.3 Å². The normalized spacial score (nSPS) is 17.6. The zero-order chi connectivity index (χ0) is 17.9. The minimum atomic E-state index is 0.0620. The van der Waals surface area contributed by atoms with E-state index in [1.807, 2.05) is 42.2 Å². The summed E-state index contributed by atoms with van der Waals surface area (Å²) in [6, 6.07) is 9.80. The largest absolute Gasteiger partial charge is 0.489 e. The Morgan fingerprint density at radius 1 is 1.31 bits per heavy atom. The van der Waals surface area contributed by atoms with Gasteiger partial charge in [0.05, 0.1) is 6.54 Å². The van der Waals surface area contributed by atoms with Crippen LogP contribution in [0.2, 0.25) is 0 Å². The van der Waals surface area contributed by atoms with E-state index in [1.54, 1.807) is 4.52 Å². The molecule has 26 heavy (non-hydrogen) atoms. The molecule has 1 atom stereocenters. The number of piperidine rings is 1. The average Bonchev–Trinajstić information content (AvgIpc) is 3.22. The number of benzene rings is 1. The Hall–Kier alpha value is -2.48. The van der Waals surface area contributed by atoms with Gasteiger partial charge in [-0.2, -0.15) is 9.61 Å². The van der Waals surface area contributed by atoms with Crippen LogP contribution in [-0.4, -0.2) is 49.8 Å². The first-order valence-electron chi connectivity index (χ1n) is 8.86. The summed E-state index contributed by atoms with van der Waals surface area (Å²) in [5, 5.41) is 13.4. The quantitative estimate of drug-likeness (QED) is 0.689. The van der Waals surface area contributed by atoms with E-state index in [9.17, 15) is 4.79 Å². The predicted octanol–water partition coefficient (Wildman–Crippen LogP) is 2.50. The molecule has 3 heterocycles.